The number of amides is 1. The van der Waals surface area contributed by atoms with E-state index in [9.17, 15) is 22.4 Å². The molecule has 1 aliphatic carbocycles. The van der Waals surface area contributed by atoms with Crippen molar-refractivity contribution in [1.29, 1.82) is 0 Å². The van der Waals surface area contributed by atoms with E-state index in [1.165, 1.54) is 24.3 Å². The predicted octanol–water partition coefficient (Wildman–Crippen LogP) is 2.12. The van der Waals surface area contributed by atoms with Crippen LogP contribution in [-0.2, 0) is 11.3 Å². The van der Waals surface area contributed by atoms with Crippen LogP contribution in [0.15, 0.2) is 52.8 Å². The minimum Gasteiger partial charge on any atom is -0.404 e. The molecule has 0 spiro atoms. The van der Waals surface area contributed by atoms with E-state index in [-0.39, 0.29) is 29.9 Å². The van der Waals surface area contributed by atoms with Crippen molar-refractivity contribution in [3.8, 4) is 0 Å². The Hall–Kier alpha value is -2.84. The zero-order valence-electron chi connectivity index (χ0n) is 13.5. The van der Waals surface area contributed by atoms with Crippen LogP contribution >= 0.6 is 0 Å². The first kappa shape index (κ1) is 18.0. The maximum Gasteiger partial charge on any atom is 0.430 e. The van der Waals surface area contributed by atoms with Gasteiger partial charge in [-0.3, -0.25) is 9.79 Å². The average molecular weight is 368 g/mol. The van der Waals surface area contributed by atoms with Crippen LogP contribution in [0.2, 0.25) is 0 Å². The molecule has 0 aromatic heterocycles. The lowest BCUT2D eigenvalue weighted by atomic mass is 10.2. The lowest BCUT2D eigenvalue weighted by molar-refractivity contribution is -0.117. The molecule has 4 N–H and O–H groups in total. The lowest BCUT2D eigenvalue weighted by Gasteiger charge is -2.17. The molecule has 2 aliphatic rings. The molecule has 1 aliphatic heterocycles. The summed E-state index contributed by atoms with van der Waals surface area (Å²) in [6.07, 6.45) is -2.07. The largest absolute Gasteiger partial charge is 0.430 e. The number of aliphatic imine (C=N–C) groups is 1. The Kier molecular flexibility index (Phi) is 4.71. The zero-order chi connectivity index (χ0) is 18.9. The molecule has 2 atom stereocenters. The fourth-order valence-corrected chi connectivity index (χ4v) is 2.55. The van der Waals surface area contributed by atoms with Crippen LogP contribution in [0.1, 0.15) is 12.0 Å². The number of amidine groups is 1. The quantitative estimate of drug-likeness (QED) is 0.563. The number of allylic oxidation sites excluding steroid dienone is 1. The van der Waals surface area contributed by atoms with Crippen molar-refractivity contribution in [3.05, 3.63) is 59.2 Å². The Labute approximate surface area is 146 Å². The Morgan fingerprint density at radius 3 is 2.65 bits per heavy atom. The van der Waals surface area contributed by atoms with E-state index in [2.05, 4.69) is 15.6 Å². The third-order valence-corrected chi connectivity index (χ3v) is 4.07. The van der Waals surface area contributed by atoms with Crippen molar-refractivity contribution in [2.45, 2.75) is 25.2 Å². The highest BCUT2D eigenvalue weighted by Crippen LogP contribution is 2.40. The van der Waals surface area contributed by atoms with Gasteiger partial charge < -0.3 is 16.4 Å². The van der Waals surface area contributed by atoms with Gasteiger partial charge in [0.15, 0.2) is 0 Å². The van der Waals surface area contributed by atoms with Crippen LogP contribution in [0.3, 0.4) is 0 Å². The topological polar surface area (TPSA) is 79.5 Å². The first-order valence-corrected chi connectivity index (χ1v) is 7.86. The van der Waals surface area contributed by atoms with Gasteiger partial charge in [-0.1, -0.05) is 18.2 Å². The summed E-state index contributed by atoms with van der Waals surface area (Å²) in [7, 11) is 0. The number of carbonyl (C=O) groups is 1. The summed E-state index contributed by atoms with van der Waals surface area (Å²) in [6.45, 7) is 0.0672. The van der Waals surface area contributed by atoms with Gasteiger partial charge >= 0.3 is 6.18 Å². The molecular formula is C17H16F4N4O. The van der Waals surface area contributed by atoms with Gasteiger partial charge in [-0.25, -0.2) is 4.39 Å². The number of hydrogen-bond acceptors (Lipinski definition) is 4. The molecular weight excluding hydrogens is 352 g/mol. The molecule has 0 bridgehead atoms. The minimum absolute atomic E-state index is 0.0672. The van der Waals surface area contributed by atoms with E-state index in [4.69, 9.17) is 5.73 Å². The third kappa shape index (κ3) is 4.04. The number of nitrogens with one attached hydrogen (secondary N) is 2. The summed E-state index contributed by atoms with van der Waals surface area (Å²) in [4.78, 5) is 16.5. The molecule has 2 unspecified atom stereocenters. The van der Waals surface area contributed by atoms with Crippen LogP contribution in [0.25, 0.3) is 0 Å². The molecule has 1 fully saturated rings. The van der Waals surface area contributed by atoms with Gasteiger partial charge in [0.2, 0.25) is 0 Å². The van der Waals surface area contributed by atoms with E-state index in [0.29, 0.717) is 12.0 Å². The monoisotopic (exact) mass is 368 g/mol. The number of benzene rings is 1. The highest BCUT2D eigenvalue weighted by molar-refractivity contribution is 6.21. The van der Waals surface area contributed by atoms with Crippen LogP contribution in [0.4, 0.5) is 17.6 Å². The summed E-state index contributed by atoms with van der Waals surface area (Å²) in [5, 5.41) is 4.72. The molecule has 5 nitrogen and oxygen atoms in total. The molecule has 1 amide bonds. The maximum atomic E-state index is 13.1. The fraction of sp³-hybridized carbons (Fsp3) is 0.294. The fourth-order valence-electron chi connectivity index (χ4n) is 2.55. The maximum absolute atomic E-state index is 13.1. The Morgan fingerprint density at radius 2 is 2.04 bits per heavy atom. The molecule has 1 aromatic carbocycles. The Balaban J connectivity index is 1.72. The van der Waals surface area contributed by atoms with Crippen molar-refractivity contribution in [2.24, 2.45) is 16.6 Å². The molecule has 1 heterocycles. The third-order valence-electron chi connectivity index (χ3n) is 4.07. The number of fused-ring (bicyclic) bond motifs is 1. The summed E-state index contributed by atoms with van der Waals surface area (Å²) in [6, 6.07) is 5.17. The van der Waals surface area contributed by atoms with Gasteiger partial charge in [0.1, 0.15) is 17.3 Å². The van der Waals surface area contributed by atoms with E-state index >= 15 is 0 Å². The summed E-state index contributed by atoms with van der Waals surface area (Å²) in [5.74, 6) is -1.59. The lowest BCUT2D eigenvalue weighted by Crippen LogP contribution is -2.38. The molecule has 0 saturated heterocycles. The van der Waals surface area contributed by atoms with Crippen molar-refractivity contribution in [2.75, 3.05) is 0 Å². The summed E-state index contributed by atoms with van der Waals surface area (Å²) < 4.78 is 52.2. The SMILES string of the molecule is NC=C(C(=O)NCc1ccc(F)cc1)C1=NC2CC2C=C(C(F)(F)F)N1. The van der Waals surface area contributed by atoms with E-state index in [1.54, 1.807) is 0 Å². The number of halogens is 4. The number of rotatable bonds is 4. The number of nitrogens with two attached hydrogens (primary N) is 1. The van der Waals surface area contributed by atoms with Crippen molar-refractivity contribution >= 4 is 11.7 Å². The van der Waals surface area contributed by atoms with E-state index in [0.717, 1.165) is 12.3 Å². The average Bonchev–Trinajstić information content (AvgIpc) is 3.31. The first-order valence-electron chi connectivity index (χ1n) is 7.86. The van der Waals surface area contributed by atoms with Gasteiger partial charge in [-0.05, 0) is 24.1 Å². The van der Waals surface area contributed by atoms with Crippen molar-refractivity contribution in [3.63, 3.8) is 0 Å². The molecule has 1 saturated carbocycles. The minimum atomic E-state index is -4.58. The summed E-state index contributed by atoms with van der Waals surface area (Å²) >= 11 is 0. The molecule has 138 valence electrons. The highest BCUT2D eigenvalue weighted by Gasteiger charge is 2.44. The van der Waals surface area contributed by atoms with E-state index in [1.807, 2.05) is 0 Å². The smallest absolute Gasteiger partial charge is 0.404 e. The second-order valence-electron chi connectivity index (χ2n) is 6.04. The second-order valence-corrected chi connectivity index (χ2v) is 6.04. The first-order chi connectivity index (χ1) is 12.3. The van der Waals surface area contributed by atoms with Crippen LogP contribution in [-0.4, -0.2) is 24.0 Å². The predicted molar refractivity (Wildman–Crippen MR) is 87.1 cm³/mol. The van der Waals surface area contributed by atoms with Gasteiger partial charge in [0.25, 0.3) is 5.91 Å². The highest BCUT2D eigenvalue weighted by atomic mass is 19.4. The van der Waals surface area contributed by atoms with Crippen LogP contribution in [0, 0.1) is 11.7 Å². The standard InChI is InChI=1S/C17H16F4N4O/c18-11-3-1-9(2-4-11)8-23-16(26)12(7-22)15-24-13-5-10(13)6-14(25-15)17(19,20)21/h1-4,6-7,10,13H,5,8,22H2,(H,23,26)(H,24,25). The molecule has 9 heteroatoms. The van der Waals surface area contributed by atoms with Gasteiger partial charge in [0.05, 0.1) is 11.6 Å². The van der Waals surface area contributed by atoms with Gasteiger partial charge in [-0.2, -0.15) is 13.2 Å². The van der Waals surface area contributed by atoms with Crippen LogP contribution in [0.5, 0.6) is 0 Å². The second kappa shape index (κ2) is 6.81. The number of nitrogens with zero attached hydrogens (tertiary/aromatic N) is 1. The van der Waals surface area contributed by atoms with E-state index < -0.39 is 23.6 Å². The van der Waals surface area contributed by atoms with Gasteiger partial charge in [0, 0.05) is 18.7 Å². The Morgan fingerprint density at radius 1 is 1.35 bits per heavy atom. The zero-order valence-corrected chi connectivity index (χ0v) is 13.5. The molecule has 3 rings (SSSR count). The molecule has 1 aromatic rings. The summed E-state index contributed by atoms with van der Waals surface area (Å²) in [5.41, 5.74) is 4.96. The van der Waals surface area contributed by atoms with Gasteiger partial charge in [-0.15, -0.1) is 0 Å². The van der Waals surface area contributed by atoms with Crippen molar-refractivity contribution < 1.29 is 22.4 Å². The van der Waals surface area contributed by atoms with Crippen molar-refractivity contribution in [1.82, 2.24) is 10.6 Å². The van der Waals surface area contributed by atoms with Crippen LogP contribution < -0.4 is 16.4 Å². The number of carbonyl (C=O) groups excluding carboxylic acids is 1. The molecule has 26 heavy (non-hydrogen) atoms. The number of alkyl halides is 3. The number of hydrogen-bond donors (Lipinski definition) is 3. The normalized spacial score (nSPS) is 22.4. The Bertz CT molecular complexity index is 796. The molecule has 0 radical (unpaired) electrons.